The molecule has 94 valence electrons. The molecule has 1 aromatic rings. The number of rotatable bonds is 2. The maximum absolute atomic E-state index is 13.3. The molecule has 1 unspecified atom stereocenters. The minimum atomic E-state index is -0.825. The zero-order valence-electron chi connectivity index (χ0n) is 9.59. The van der Waals surface area contributed by atoms with E-state index in [9.17, 15) is 9.50 Å². The number of hydrogen-bond donors (Lipinski definition) is 1. The second-order valence-corrected chi connectivity index (χ2v) is 4.96. The summed E-state index contributed by atoms with van der Waals surface area (Å²) < 4.78 is 18.6. The number of ether oxygens (including phenoxy) is 1. The van der Waals surface area contributed by atoms with E-state index in [0.717, 1.165) is 6.42 Å². The van der Waals surface area contributed by atoms with Crippen molar-refractivity contribution in [3.05, 3.63) is 34.6 Å². The molecule has 0 radical (unpaired) electrons. The quantitative estimate of drug-likeness (QED) is 0.884. The van der Waals surface area contributed by atoms with Crippen LogP contribution < -0.4 is 0 Å². The second kappa shape index (κ2) is 5.34. The van der Waals surface area contributed by atoms with Gasteiger partial charge in [0.05, 0.1) is 10.6 Å². The lowest BCUT2D eigenvalue weighted by Crippen LogP contribution is -2.31. The van der Waals surface area contributed by atoms with Crippen LogP contribution in [0.15, 0.2) is 18.2 Å². The molecule has 0 aliphatic carbocycles. The first-order valence-corrected chi connectivity index (χ1v) is 6.22. The van der Waals surface area contributed by atoms with Gasteiger partial charge in [-0.15, -0.1) is 0 Å². The molecular weight excluding hydrogens is 243 g/mol. The average molecular weight is 259 g/mol. The summed E-state index contributed by atoms with van der Waals surface area (Å²) in [4.78, 5) is 0. The smallest absolute Gasteiger partial charge is 0.142 e. The van der Waals surface area contributed by atoms with E-state index in [1.165, 1.54) is 6.07 Å². The van der Waals surface area contributed by atoms with Crippen LogP contribution in [0.2, 0.25) is 5.02 Å². The maximum Gasteiger partial charge on any atom is 0.142 e. The predicted octanol–water partition coefficient (Wildman–Crippen LogP) is 2.95. The second-order valence-electron chi connectivity index (χ2n) is 4.58. The Morgan fingerprint density at radius 2 is 2.18 bits per heavy atom. The molecule has 1 N–H and O–H groups in total. The van der Waals surface area contributed by atoms with E-state index in [-0.39, 0.29) is 5.02 Å². The largest absolute Gasteiger partial charge is 0.389 e. The van der Waals surface area contributed by atoms with Crippen LogP contribution in [0.3, 0.4) is 0 Å². The molecular formula is C13H16ClFO2. The number of aliphatic hydroxyl groups is 1. The van der Waals surface area contributed by atoms with Crippen LogP contribution >= 0.6 is 11.6 Å². The number of halogens is 2. The van der Waals surface area contributed by atoms with Gasteiger partial charge in [0, 0.05) is 19.6 Å². The van der Waals surface area contributed by atoms with Gasteiger partial charge in [-0.1, -0.05) is 23.7 Å². The maximum atomic E-state index is 13.3. The van der Waals surface area contributed by atoms with Gasteiger partial charge in [-0.05, 0) is 30.9 Å². The Morgan fingerprint density at radius 1 is 1.35 bits per heavy atom. The number of benzene rings is 1. The molecule has 1 saturated heterocycles. The normalized spacial score (nSPS) is 25.6. The first-order chi connectivity index (χ1) is 8.11. The first-order valence-electron chi connectivity index (χ1n) is 5.84. The SMILES string of the molecule is OC1(Cc2cccc(F)c2Cl)CCCOCC1. The summed E-state index contributed by atoms with van der Waals surface area (Å²) in [6.07, 6.45) is 2.44. The van der Waals surface area contributed by atoms with E-state index in [1.807, 2.05) is 0 Å². The molecule has 17 heavy (non-hydrogen) atoms. The van der Waals surface area contributed by atoms with Gasteiger partial charge in [0.2, 0.25) is 0 Å². The highest BCUT2D eigenvalue weighted by Crippen LogP contribution is 2.29. The van der Waals surface area contributed by atoms with Crippen molar-refractivity contribution in [3.63, 3.8) is 0 Å². The first kappa shape index (κ1) is 12.8. The lowest BCUT2D eigenvalue weighted by molar-refractivity contribution is 0.0188. The summed E-state index contributed by atoms with van der Waals surface area (Å²) >= 11 is 5.90. The molecule has 2 nitrogen and oxygen atoms in total. The van der Waals surface area contributed by atoms with Crippen molar-refractivity contribution in [2.45, 2.75) is 31.3 Å². The average Bonchev–Trinajstić information content (AvgIpc) is 2.50. The van der Waals surface area contributed by atoms with Crippen molar-refractivity contribution in [2.75, 3.05) is 13.2 Å². The molecule has 1 aliphatic heterocycles. The number of hydrogen-bond acceptors (Lipinski definition) is 2. The van der Waals surface area contributed by atoms with Crippen LogP contribution in [0, 0.1) is 5.82 Å². The highest BCUT2D eigenvalue weighted by Gasteiger charge is 2.29. The van der Waals surface area contributed by atoms with Gasteiger partial charge >= 0.3 is 0 Å². The molecule has 1 atom stereocenters. The summed E-state index contributed by atoms with van der Waals surface area (Å²) in [5.74, 6) is -0.433. The molecule has 1 fully saturated rings. The van der Waals surface area contributed by atoms with Gasteiger partial charge in [-0.3, -0.25) is 0 Å². The van der Waals surface area contributed by atoms with Crippen LogP contribution in [-0.2, 0) is 11.2 Å². The monoisotopic (exact) mass is 258 g/mol. The van der Waals surface area contributed by atoms with Gasteiger partial charge in [-0.25, -0.2) is 4.39 Å². The fourth-order valence-electron chi connectivity index (χ4n) is 2.21. The molecule has 0 saturated carbocycles. The van der Waals surface area contributed by atoms with Crippen LogP contribution in [0.25, 0.3) is 0 Å². The van der Waals surface area contributed by atoms with E-state index in [2.05, 4.69) is 0 Å². The van der Waals surface area contributed by atoms with Crippen molar-refractivity contribution in [1.82, 2.24) is 0 Å². The van der Waals surface area contributed by atoms with Gasteiger partial charge in [0.15, 0.2) is 0 Å². The molecule has 0 spiro atoms. The lowest BCUT2D eigenvalue weighted by Gasteiger charge is -2.26. The summed E-state index contributed by atoms with van der Waals surface area (Å²) in [5, 5.41) is 10.6. The Kier molecular flexibility index (Phi) is 4.02. The molecule has 2 rings (SSSR count). The molecule has 0 aromatic heterocycles. The third kappa shape index (κ3) is 3.18. The predicted molar refractivity (Wildman–Crippen MR) is 64.7 cm³/mol. The van der Waals surface area contributed by atoms with E-state index in [0.29, 0.717) is 38.0 Å². The topological polar surface area (TPSA) is 29.5 Å². The lowest BCUT2D eigenvalue weighted by atomic mass is 9.88. The molecule has 1 aliphatic rings. The van der Waals surface area contributed by atoms with Crippen LogP contribution in [0.5, 0.6) is 0 Å². The summed E-state index contributed by atoms with van der Waals surface area (Å²) in [7, 11) is 0. The minimum Gasteiger partial charge on any atom is -0.389 e. The molecule has 1 aromatic carbocycles. The van der Waals surface area contributed by atoms with Crippen molar-refractivity contribution < 1.29 is 14.2 Å². The Bertz CT molecular complexity index is 387. The molecule has 0 amide bonds. The van der Waals surface area contributed by atoms with Crippen molar-refractivity contribution in [3.8, 4) is 0 Å². The summed E-state index contributed by atoms with van der Waals surface area (Å²) in [6.45, 7) is 1.22. The Hall–Kier alpha value is -0.640. The zero-order valence-corrected chi connectivity index (χ0v) is 10.3. The van der Waals surface area contributed by atoms with E-state index in [1.54, 1.807) is 12.1 Å². The molecule has 1 heterocycles. The third-order valence-electron chi connectivity index (χ3n) is 3.19. The summed E-state index contributed by atoms with van der Waals surface area (Å²) in [5.41, 5.74) is -0.162. The fraction of sp³-hybridized carbons (Fsp3) is 0.538. The Morgan fingerprint density at radius 3 is 3.00 bits per heavy atom. The zero-order chi connectivity index (χ0) is 12.3. The fourth-order valence-corrected chi connectivity index (χ4v) is 2.40. The third-order valence-corrected chi connectivity index (χ3v) is 3.62. The van der Waals surface area contributed by atoms with Gasteiger partial charge in [-0.2, -0.15) is 0 Å². The summed E-state index contributed by atoms with van der Waals surface area (Å²) in [6, 6.07) is 4.70. The van der Waals surface area contributed by atoms with Crippen LogP contribution in [0.1, 0.15) is 24.8 Å². The van der Waals surface area contributed by atoms with E-state index in [4.69, 9.17) is 16.3 Å². The van der Waals surface area contributed by atoms with E-state index >= 15 is 0 Å². The molecule has 4 heteroatoms. The van der Waals surface area contributed by atoms with Crippen LogP contribution in [-0.4, -0.2) is 23.9 Å². The molecule has 0 bridgehead atoms. The Labute approximate surface area is 105 Å². The van der Waals surface area contributed by atoms with Gasteiger partial charge in [0.25, 0.3) is 0 Å². The van der Waals surface area contributed by atoms with Crippen molar-refractivity contribution in [2.24, 2.45) is 0 Å². The highest BCUT2D eigenvalue weighted by molar-refractivity contribution is 6.31. The van der Waals surface area contributed by atoms with Crippen LogP contribution in [0.4, 0.5) is 4.39 Å². The van der Waals surface area contributed by atoms with Gasteiger partial charge in [0.1, 0.15) is 5.82 Å². The van der Waals surface area contributed by atoms with Gasteiger partial charge < -0.3 is 9.84 Å². The van der Waals surface area contributed by atoms with Crippen molar-refractivity contribution >= 4 is 11.6 Å². The van der Waals surface area contributed by atoms with Crippen molar-refractivity contribution in [1.29, 1.82) is 0 Å². The highest BCUT2D eigenvalue weighted by atomic mass is 35.5. The minimum absolute atomic E-state index is 0.117. The Balaban J connectivity index is 2.15. The standard InChI is InChI=1S/C13H16ClFO2/c14-12-10(3-1-4-11(12)15)9-13(16)5-2-7-17-8-6-13/h1,3-4,16H,2,5-9H2. The van der Waals surface area contributed by atoms with E-state index < -0.39 is 11.4 Å².